The molecule has 0 bridgehead atoms. The molecule has 0 aliphatic carbocycles. The smallest absolute Gasteiger partial charge is 0.153 e. The van der Waals surface area contributed by atoms with Gasteiger partial charge in [0.2, 0.25) is 0 Å². The van der Waals surface area contributed by atoms with E-state index in [0.29, 0.717) is 11.3 Å². The van der Waals surface area contributed by atoms with Crippen molar-refractivity contribution >= 4 is 49.5 Å². The van der Waals surface area contributed by atoms with Crippen molar-refractivity contribution in [2.75, 3.05) is 0 Å². The summed E-state index contributed by atoms with van der Waals surface area (Å²) in [6.07, 6.45) is 2.59. The lowest BCUT2D eigenvalue weighted by Crippen LogP contribution is -1.94. The number of nitrogens with zero attached hydrogens (tertiary/aromatic N) is 2. The molecule has 0 aliphatic heterocycles. The van der Waals surface area contributed by atoms with E-state index in [1.54, 1.807) is 22.2 Å². The van der Waals surface area contributed by atoms with E-state index in [1.165, 1.54) is 0 Å². The van der Waals surface area contributed by atoms with Crippen LogP contribution >= 0.6 is 43.2 Å². The van der Waals surface area contributed by atoms with Gasteiger partial charge < -0.3 is 0 Å². The molecule has 2 aromatic heterocycles. The van der Waals surface area contributed by atoms with Crippen molar-refractivity contribution in [3.05, 3.63) is 56.4 Å². The fraction of sp³-hybridized carbons (Fsp3) is 0. The monoisotopic (exact) mass is 410 g/mol. The van der Waals surface area contributed by atoms with E-state index < -0.39 is 0 Å². The molecule has 0 saturated heterocycles. The minimum atomic E-state index is 0.583. The number of aldehydes is 1. The Labute approximate surface area is 136 Å². The van der Waals surface area contributed by atoms with Gasteiger partial charge in [-0.2, -0.15) is 5.10 Å². The van der Waals surface area contributed by atoms with Crippen molar-refractivity contribution in [2.45, 2.75) is 0 Å². The molecule has 1 aromatic carbocycles. The number of hydrogen-bond acceptors (Lipinski definition) is 3. The molecule has 0 unspecified atom stereocenters. The number of rotatable bonds is 3. The second kappa shape index (κ2) is 5.63. The average Bonchev–Trinajstić information content (AvgIpc) is 3.04. The Balaban J connectivity index is 2.11. The molecule has 0 N–H and O–H groups in total. The van der Waals surface area contributed by atoms with Crippen molar-refractivity contribution < 1.29 is 4.79 Å². The molecule has 0 aliphatic rings. The van der Waals surface area contributed by atoms with Crippen LogP contribution in [0.4, 0.5) is 0 Å². The molecular formula is C14H8Br2N2OS. The molecule has 0 fully saturated rings. The third-order valence-electron chi connectivity index (χ3n) is 2.74. The van der Waals surface area contributed by atoms with Gasteiger partial charge in [-0.15, -0.1) is 11.3 Å². The minimum absolute atomic E-state index is 0.583. The fourth-order valence-electron chi connectivity index (χ4n) is 1.85. The number of hydrogen-bond donors (Lipinski definition) is 0. The highest BCUT2D eigenvalue weighted by Crippen LogP contribution is 2.31. The molecule has 6 heteroatoms. The van der Waals surface area contributed by atoms with Gasteiger partial charge in [0.25, 0.3) is 0 Å². The van der Waals surface area contributed by atoms with E-state index in [0.717, 1.165) is 25.8 Å². The van der Waals surface area contributed by atoms with Gasteiger partial charge in [-0.3, -0.25) is 4.79 Å². The molecule has 0 saturated carbocycles. The van der Waals surface area contributed by atoms with Crippen LogP contribution in [0.2, 0.25) is 0 Å². The summed E-state index contributed by atoms with van der Waals surface area (Å²) in [5.74, 6) is 0. The van der Waals surface area contributed by atoms with Gasteiger partial charge in [0.05, 0.1) is 16.1 Å². The SMILES string of the molecule is O=Cc1cn(-c2cccc(Br)c2)nc1-c1cc(Br)cs1. The number of halogens is 2. The number of thiophene rings is 1. The lowest BCUT2D eigenvalue weighted by Gasteiger charge is -2.00. The van der Waals surface area contributed by atoms with Gasteiger partial charge in [-0.25, -0.2) is 4.68 Å². The van der Waals surface area contributed by atoms with Crippen molar-refractivity contribution in [2.24, 2.45) is 0 Å². The normalized spacial score (nSPS) is 10.7. The first-order valence-electron chi connectivity index (χ1n) is 5.72. The number of carbonyl (C=O) groups excluding carboxylic acids is 1. The zero-order valence-electron chi connectivity index (χ0n) is 10.1. The zero-order chi connectivity index (χ0) is 14.1. The Morgan fingerprint density at radius 1 is 1.20 bits per heavy atom. The van der Waals surface area contributed by atoms with Gasteiger partial charge in [0, 0.05) is 20.5 Å². The van der Waals surface area contributed by atoms with Gasteiger partial charge in [0.1, 0.15) is 5.69 Å². The average molecular weight is 412 g/mol. The molecule has 0 radical (unpaired) electrons. The molecule has 2 heterocycles. The summed E-state index contributed by atoms with van der Waals surface area (Å²) in [6.45, 7) is 0. The molecule has 3 aromatic rings. The molecule has 0 spiro atoms. The van der Waals surface area contributed by atoms with E-state index in [4.69, 9.17) is 0 Å². The van der Waals surface area contributed by atoms with Crippen molar-refractivity contribution in [1.29, 1.82) is 0 Å². The summed E-state index contributed by atoms with van der Waals surface area (Å²) in [5, 5.41) is 6.50. The maximum atomic E-state index is 11.2. The Kier molecular flexibility index (Phi) is 3.87. The molecular weight excluding hydrogens is 404 g/mol. The lowest BCUT2D eigenvalue weighted by molar-refractivity contribution is 0.112. The topological polar surface area (TPSA) is 34.9 Å². The van der Waals surface area contributed by atoms with E-state index in [1.807, 2.05) is 35.7 Å². The van der Waals surface area contributed by atoms with Crippen LogP contribution in [0.5, 0.6) is 0 Å². The minimum Gasteiger partial charge on any atom is -0.298 e. The highest BCUT2D eigenvalue weighted by Gasteiger charge is 2.13. The van der Waals surface area contributed by atoms with Crippen molar-refractivity contribution in [1.82, 2.24) is 9.78 Å². The van der Waals surface area contributed by atoms with Crippen LogP contribution in [0.25, 0.3) is 16.3 Å². The zero-order valence-corrected chi connectivity index (χ0v) is 14.1. The predicted octanol–water partition coefficient (Wildman–Crippen LogP) is 4.94. The van der Waals surface area contributed by atoms with E-state index in [9.17, 15) is 4.79 Å². The summed E-state index contributed by atoms with van der Waals surface area (Å²) < 4.78 is 3.68. The second-order valence-corrected chi connectivity index (χ2v) is 6.85. The van der Waals surface area contributed by atoms with Crippen LogP contribution in [-0.4, -0.2) is 16.1 Å². The van der Waals surface area contributed by atoms with E-state index in [-0.39, 0.29) is 0 Å². The highest BCUT2D eigenvalue weighted by atomic mass is 79.9. The van der Waals surface area contributed by atoms with Gasteiger partial charge >= 0.3 is 0 Å². The Bertz CT molecular complexity index is 779. The maximum Gasteiger partial charge on any atom is 0.153 e. The summed E-state index contributed by atoms with van der Waals surface area (Å²) in [7, 11) is 0. The van der Waals surface area contributed by atoms with Gasteiger partial charge in [-0.05, 0) is 40.2 Å². The lowest BCUT2D eigenvalue weighted by atomic mass is 10.2. The number of aromatic nitrogens is 2. The molecule has 3 rings (SSSR count). The molecule has 100 valence electrons. The molecule has 20 heavy (non-hydrogen) atoms. The van der Waals surface area contributed by atoms with Crippen LogP contribution in [0.3, 0.4) is 0 Å². The van der Waals surface area contributed by atoms with Crippen LogP contribution in [0.15, 0.2) is 50.9 Å². The second-order valence-electron chi connectivity index (χ2n) is 4.10. The largest absolute Gasteiger partial charge is 0.298 e. The first-order valence-corrected chi connectivity index (χ1v) is 8.19. The Hall–Kier alpha value is -1.24. The molecule has 0 atom stereocenters. The summed E-state index contributed by atoms with van der Waals surface area (Å²) in [4.78, 5) is 12.2. The van der Waals surface area contributed by atoms with Crippen LogP contribution in [0, 0.1) is 0 Å². The Morgan fingerprint density at radius 2 is 2.05 bits per heavy atom. The third kappa shape index (κ3) is 2.63. The van der Waals surface area contributed by atoms with Crippen LogP contribution in [0.1, 0.15) is 10.4 Å². The quantitative estimate of drug-likeness (QED) is 0.572. The van der Waals surface area contributed by atoms with E-state index in [2.05, 4.69) is 37.0 Å². The molecule has 0 amide bonds. The third-order valence-corrected chi connectivity index (χ3v) is 4.93. The van der Waals surface area contributed by atoms with Crippen molar-refractivity contribution in [3.8, 4) is 16.3 Å². The summed E-state index contributed by atoms with van der Waals surface area (Å²) >= 11 is 8.41. The summed E-state index contributed by atoms with van der Waals surface area (Å²) in [5.41, 5.74) is 2.19. The van der Waals surface area contributed by atoms with Crippen molar-refractivity contribution in [3.63, 3.8) is 0 Å². The highest BCUT2D eigenvalue weighted by molar-refractivity contribution is 9.10. The first kappa shape index (κ1) is 13.7. The van der Waals surface area contributed by atoms with Gasteiger partial charge in [0.15, 0.2) is 6.29 Å². The number of benzene rings is 1. The van der Waals surface area contributed by atoms with Crippen LogP contribution in [-0.2, 0) is 0 Å². The van der Waals surface area contributed by atoms with Gasteiger partial charge in [-0.1, -0.05) is 22.0 Å². The van der Waals surface area contributed by atoms with E-state index >= 15 is 0 Å². The molecule has 3 nitrogen and oxygen atoms in total. The summed E-state index contributed by atoms with van der Waals surface area (Å²) in [6, 6.07) is 9.75. The maximum absolute atomic E-state index is 11.2. The fourth-order valence-corrected chi connectivity index (χ4v) is 3.67. The predicted molar refractivity (Wildman–Crippen MR) is 87.7 cm³/mol. The Morgan fingerprint density at radius 3 is 2.70 bits per heavy atom. The van der Waals surface area contributed by atoms with Crippen LogP contribution < -0.4 is 0 Å². The number of carbonyl (C=O) groups is 1. The standard InChI is InChI=1S/C14H8Br2N2OS/c15-10-2-1-3-12(4-10)18-6-9(7-19)14(17-18)13-5-11(16)8-20-13/h1-8H. The first-order chi connectivity index (χ1) is 9.67.